The SMILES string of the molecule is CCN(CC1CCN(c2ccccn2)CC1)C(=O)C1(O)CCCC1. The Labute approximate surface area is 144 Å². The van der Waals surface area contributed by atoms with Crippen molar-refractivity contribution in [1.29, 1.82) is 0 Å². The first-order valence-electron chi connectivity index (χ1n) is 9.30. The lowest BCUT2D eigenvalue weighted by atomic mass is 9.94. The van der Waals surface area contributed by atoms with E-state index in [1.807, 2.05) is 30.2 Å². The standard InChI is InChI=1S/C19H29N3O2/c1-2-21(18(23)19(24)10-4-5-11-19)15-16-8-13-22(14-9-16)17-7-3-6-12-20-17/h3,6-7,12,16,24H,2,4-5,8-11,13-15H2,1H3. The van der Waals surface area contributed by atoms with Crippen LogP contribution in [-0.2, 0) is 4.79 Å². The van der Waals surface area contributed by atoms with Crippen molar-refractivity contribution in [3.63, 3.8) is 0 Å². The van der Waals surface area contributed by atoms with Gasteiger partial charge in [0.1, 0.15) is 11.4 Å². The lowest BCUT2D eigenvalue weighted by Crippen LogP contribution is -2.49. The Morgan fingerprint density at radius 2 is 2.04 bits per heavy atom. The Hall–Kier alpha value is -1.62. The van der Waals surface area contributed by atoms with E-state index in [4.69, 9.17) is 0 Å². The van der Waals surface area contributed by atoms with E-state index in [2.05, 4.69) is 16.0 Å². The lowest BCUT2D eigenvalue weighted by Gasteiger charge is -2.37. The number of likely N-dealkylation sites (N-methyl/N-ethyl adjacent to an activating group) is 1. The number of hydrogen-bond acceptors (Lipinski definition) is 4. The highest BCUT2D eigenvalue weighted by molar-refractivity contribution is 5.85. The van der Waals surface area contributed by atoms with Crippen molar-refractivity contribution in [2.75, 3.05) is 31.1 Å². The molecular formula is C19H29N3O2. The number of carbonyl (C=O) groups is 1. The zero-order chi connectivity index (χ0) is 17.0. The van der Waals surface area contributed by atoms with Gasteiger partial charge in [0.2, 0.25) is 0 Å². The molecule has 1 aromatic rings. The largest absolute Gasteiger partial charge is 0.380 e. The van der Waals surface area contributed by atoms with E-state index < -0.39 is 5.60 Å². The lowest BCUT2D eigenvalue weighted by molar-refractivity contribution is -0.151. The second kappa shape index (κ2) is 7.51. The van der Waals surface area contributed by atoms with Crippen molar-refractivity contribution in [3.05, 3.63) is 24.4 Å². The molecule has 0 radical (unpaired) electrons. The summed E-state index contributed by atoms with van der Waals surface area (Å²) in [6.07, 6.45) is 7.14. The molecule has 1 aliphatic carbocycles. The summed E-state index contributed by atoms with van der Waals surface area (Å²) in [6.45, 7) is 5.43. The fourth-order valence-corrected chi connectivity index (χ4v) is 4.02. The smallest absolute Gasteiger partial charge is 0.254 e. The predicted octanol–water partition coefficient (Wildman–Crippen LogP) is 2.45. The second-order valence-corrected chi connectivity index (χ2v) is 7.20. The van der Waals surface area contributed by atoms with E-state index in [1.54, 1.807) is 0 Å². The number of carbonyl (C=O) groups excluding carboxylic acids is 1. The molecule has 1 saturated carbocycles. The van der Waals surface area contributed by atoms with Crippen LogP contribution in [-0.4, -0.2) is 52.7 Å². The van der Waals surface area contributed by atoms with Gasteiger partial charge in [-0.3, -0.25) is 4.79 Å². The number of aliphatic hydroxyl groups is 1. The van der Waals surface area contributed by atoms with E-state index >= 15 is 0 Å². The van der Waals surface area contributed by atoms with Crippen LogP contribution in [0.3, 0.4) is 0 Å². The van der Waals surface area contributed by atoms with Crippen LogP contribution in [0.4, 0.5) is 5.82 Å². The molecule has 0 spiro atoms. The zero-order valence-corrected chi connectivity index (χ0v) is 14.7. The third-order valence-corrected chi connectivity index (χ3v) is 5.56. The van der Waals surface area contributed by atoms with Crippen molar-refractivity contribution >= 4 is 11.7 Å². The Balaban J connectivity index is 1.53. The van der Waals surface area contributed by atoms with E-state index in [0.717, 1.165) is 51.1 Å². The first kappa shape index (κ1) is 17.2. The summed E-state index contributed by atoms with van der Waals surface area (Å²) in [5, 5.41) is 10.6. The molecule has 3 rings (SSSR count). The third kappa shape index (κ3) is 3.72. The summed E-state index contributed by atoms with van der Waals surface area (Å²) in [4.78, 5) is 21.3. The molecule has 1 amide bonds. The van der Waals surface area contributed by atoms with Gasteiger partial charge in [0.25, 0.3) is 5.91 Å². The number of hydrogen-bond donors (Lipinski definition) is 1. The summed E-state index contributed by atoms with van der Waals surface area (Å²) >= 11 is 0. The fourth-order valence-electron chi connectivity index (χ4n) is 4.02. The molecule has 132 valence electrons. The average molecular weight is 331 g/mol. The van der Waals surface area contributed by atoms with E-state index in [9.17, 15) is 9.90 Å². The van der Waals surface area contributed by atoms with Crippen molar-refractivity contribution in [1.82, 2.24) is 9.88 Å². The molecule has 1 aliphatic heterocycles. The maximum Gasteiger partial charge on any atom is 0.254 e. The first-order chi connectivity index (χ1) is 11.6. The topological polar surface area (TPSA) is 56.7 Å². The second-order valence-electron chi connectivity index (χ2n) is 7.20. The van der Waals surface area contributed by atoms with Gasteiger partial charge in [0.15, 0.2) is 0 Å². The monoisotopic (exact) mass is 331 g/mol. The van der Waals surface area contributed by atoms with Crippen LogP contribution in [0.15, 0.2) is 24.4 Å². The molecule has 0 aromatic carbocycles. The Bertz CT molecular complexity index is 535. The van der Waals surface area contributed by atoms with Gasteiger partial charge >= 0.3 is 0 Å². The molecule has 1 N–H and O–H groups in total. The minimum atomic E-state index is -1.09. The summed E-state index contributed by atoms with van der Waals surface area (Å²) in [7, 11) is 0. The van der Waals surface area contributed by atoms with Crippen LogP contribution in [0.1, 0.15) is 45.4 Å². The number of pyridine rings is 1. The molecule has 2 heterocycles. The molecule has 5 heteroatoms. The van der Waals surface area contributed by atoms with Gasteiger partial charge in [0.05, 0.1) is 0 Å². The molecule has 0 atom stereocenters. The highest BCUT2D eigenvalue weighted by Gasteiger charge is 2.41. The van der Waals surface area contributed by atoms with Crippen molar-refractivity contribution in [2.45, 2.75) is 51.0 Å². The number of rotatable bonds is 5. The maximum absolute atomic E-state index is 12.7. The van der Waals surface area contributed by atoms with Gasteiger partial charge in [-0.2, -0.15) is 0 Å². The minimum Gasteiger partial charge on any atom is -0.380 e. The molecule has 1 aromatic heterocycles. The van der Waals surface area contributed by atoms with Gasteiger partial charge in [0, 0.05) is 32.4 Å². The van der Waals surface area contributed by atoms with Crippen LogP contribution >= 0.6 is 0 Å². The number of piperidine rings is 1. The van der Waals surface area contributed by atoms with Crippen LogP contribution in [0.2, 0.25) is 0 Å². The summed E-state index contributed by atoms with van der Waals surface area (Å²) in [6, 6.07) is 6.01. The molecule has 1 saturated heterocycles. The van der Waals surface area contributed by atoms with Gasteiger partial charge in [-0.25, -0.2) is 4.98 Å². The Morgan fingerprint density at radius 3 is 2.62 bits per heavy atom. The van der Waals surface area contributed by atoms with E-state index in [1.165, 1.54) is 0 Å². The summed E-state index contributed by atoms with van der Waals surface area (Å²) in [5.41, 5.74) is -1.09. The summed E-state index contributed by atoms with van der Waals surface area (Å²) in [5.74, 6) is 1.51. The number of aromatic nitrogens is 1. The third-order valence-electron chi connectivity index (χ3n) is 5.56. The molecule has 2 aliphatic rings. The van der Waals surface area contributed by atoms with Crippen LogP contribution in [0, 0.1) is 5.92 Å². The first-order valence-corrected chi connectivity index (χ1v) is 9.30. The minimum absolute atomic E-state index is 0.0466. The molecule has 24 heavy (non-hydrogen) atoms. The normalized spacial score (nSPS) is 21.0. The molecule has 0 bridgehead atoms. The Morgan fingerprint density at radius 1 is 1.33 bits per heavy atom. The van der Waals surface area contributed by atoms with Crippen LogP contribution in [0.25, 0.3) is 0 Å². The van der Waals surface area contributed by atoms with Crippen molar-refractivity contribution < 1.29 is 9.90 Å². The molecule has 0 unspecified atom stereocenters. The van der Waals surface area contributed by atoms with E-state index in [0.29, 0.717) is 25.3 Å². The molecule has 2 fully saturated rings. The van der Waals surface area contributed by atoms with Gasteiger partial charge in [-0.15, -0.1) is 0 Å². The van der Waals surface area contributed by atoms with Crippen molar-refractivity contribution in [3.8, 4) is 0 Å². The van der Waals surface area contributed by atoms with Crippen LogP contribution in [0.5, 0.6) is 0 Å². The molecular weight excluding hydrogens is 302 g/mol. The van der Waals surface area contributed by atoms with Gasteiger partial charge in [-0.05, 0) is 63.5 Å². The fraction of sp³-hybridized carbons (Fsp3) is 0.684. The number of nitrogens with zero attached hydrogens (tertiary/aromatic N) is 3. The predicted molar refractivity (Wildman–Crippen MR) is 94.8 cm³/mol. The number of amides is 1. The maximum atomic E-state index is 12.7. The zero-order valence-electron chi connectivity index (χ0n) is 14.7. The summed E-state index contributed by atoms with van der Waals surface area (Å²) < 4.78 is 0. The highest BCUT2D eigenvalue weighted by Crippen LogP contribution is 2.32. The van der Waals surface area contributed by atoms with Gasteiger partial charge in [-0.1, -0.05) is 6.07 Å². The van der Waals surface area contributed by atoms with E-state index in [-0.39, 0.29) is 5.91 Å². The number of anilines is 1. The molecule has 5 nitrogen and oxygen atoms in total. The van der Waals surface area contributed by atoms with Crippen molar-refractivity contribution in [2.24, 2.45) is 5.92 Å². The van der Waals surface area contributed by atoms with Gasteiger partial charge < -0.3 is 14.9 Å². The average Bonchev–Trinajstić information content (AvgIpc) is 3.08. The quantitative estimate of drug-likeness (QED) is 0.900. The Kier molecular flexibility index (Phi) is 5.39. The highest BCUT2D eigenvalue weighted by atomic mass is 16.3. The van der Waals surface area contributed by atoms with Crippen LogP contribution < -0.4 is 4.90 Å².